The minimum absolute atomic E-state index is 0.223. The van der Waals surface area contributed by atoms with Gasteiger partial charge in [-0.1, -0.05) is 6.07 Å². The Morgan fingerprint density at radius 2 is 2.38 bits per heavy atom. The SMILES string of the molecule is Cc1cccnc1NC(=O)c1ccn(C2CCCNC2)n1. The molecule has 0 aliphatic carbocycles. The topological polar surface area (TPSA) is 71.8 Å². The number of anilines is 1. The summed E-state index contributed by atoms with van der Waals surface area (Å²) in [4.78, 5) is 16.4. The first-order valence-electron chi connectivity index (χ1n) is 7.23. The number of nitrogens with one attached hydrogen (secondary N) is 2. The number of aromatic nitrogens is 3. The Morgan fingerprint density at radius 3 is 3.14 bits per heavy atom. The van der Waals surface area contributed by atoms with E-state index in [-0.39, 0.29) is 5.91 Å². The lowest BCUT2D eigenvalue weighted by Crippen LogP contribution is -2.32. The Balaban J connectivity index is 1.71. The number of nitrogens with zero attached hydrogens (tertiary/aromatic N) is 3. The van der Waals surface area contributed by atoms with Gasteiger partial charge in [-0.15, -0.1) is 0 Å². The van der Waals surface area contributed by atoms with Crippen LogP contribution in [-0.4, -0.2) is 33.8 Å². The highest BCUT2D eigenvalue weighted by Gasteiger charge is 2.18. The standard InChI is InChI=1S/C15H19N5O/c1-11-4-2-8-17-14(11)18-15(21)13-6-9-20(19-13)12-5-3-7-16-10-12/h2,4,6,8-9,12,16H,3,5,7,10H2,1H3,(H,17,18,21). The molecule has 1 saturated heterocycles. The minimum atomic E-state index is -0.223. The normalized spacial score (nSPS) is 18.4. The second-order valence-corrected chi connectivity index (χ2v) is 5.30. The predicted octanol–water partition coefficient (Wildman–Crippen LogP) is 1.76. The van der Waals surface area contributed by atoms with Crippen molar-refractivity contribution >= 4 is 11.7 Å². The molecule has 0 bridgehead atoms. The summed E-state index contributed by atoms with van der Waals surface area (Å²) in [5, 5.41) is 10.5. The number of piperidine rings is 1. The van der Waals surface area contributed by atoms with Gasteiger partial charge in [0, 0.05) is 18.9 Å². The summed E-state index contributed by atoms with van der Waals surface area (Å²) >= 11 is 0. The zero-order valence-electron chi connectivity index (χ0n) is 12.0. The maximum atomic E-state index is 12.2. The number of hydrogen-bond acceptors (Lipinski definition) is 4. The third-order valence-electron chi connectivity index (χ3n) is 3.73. The van der Waals surface area contributed by atoms with Crippen LogP contribution < -0.4 is 10.6 Å². The van der Waals surface area contributed by atoms with Gasteiger partial charge in [-0.3, -0.25) is 9.48 Å². The second kappa shape index (κ2) is 6.05. The first-order chi connectivity index (χ1) is 10.2. The van der Waals surface area contributed by atoms with Crippen LogP contribution >= 0.6 is 0 Å². The molecular formula is C15H19N5O. The van der Waals surface area contributed by atoms with Crippen molar-refractivity contribution in [2.75, 3.05) is 18.4 Å². The molecule has 110 valence electrons. The lowest BCUT2D eigenvalue weighted by Gasteiger charge is -2.22. The van der Waals surface area contributed by atoms with E-state index in [9.17, 15) is 4.79 Å². The average Bonchev–Trinajstić information content (AvgIpc) is 3.00. The first kappa shape index (κ1) is 13.8. The van der Waals surface area contributed by atoms with E-state index in [1.165, 1.54) is 0 Å². The van der Waals surface area contributed by atoms with Crippen molar-refractivity contribution in [1.82, 2.24) is 20.1 Å². The number of rotatable bonds is 3. The van der Waals surface area contributed by atoms with E-state index in [0.717, 1.165) is 31.5 Å². The smallest absolute Gasteiger partial charge is 0.277 e. The molecule has 1 aliphatic rings. The summed E-state index contributed by atoms with van der Waals surface area (Å²) < 4.78 is 1.88. The molecule has 3 rings (SSSR count). The second-order valence-electron chi connectivity index (χ2n) is 5.30. The van der Waals surface area contributed by atoms with Gasteiger partial charge in [-0.2, -0.15) is 5.10 Å². The van der Waals surface area contributed by atoms with E-state index in [0.29, 0.717) is 17.6 Å². The van der Waals surface area contributed by atoms with Crippen LogP contribution in [0.3, 0.4) is 0 Å². The number of amides is 1. The van der Waals surface area contributed by atoms with Crippen molar-refractivity contribution < 1.29 is 4.79 Å². The Bertz CT molecular complexity index is 630. The van der Waals surface area contributed by atoms with Crippen molar-refractivity contribution in [2.45, 2.75) is 25.8 Å². The number of pyridine rings is 1. The van der Waals surface area contributed by atoms with Gasteiger partial charge in [0.1, 0.15) is 5.82 Å². The highest BCUT2D eigenvalue weighted by atomic mass is 16.2. The molecule has 0 aromatic carbocycles. The van der Waals surface area contributed by atoms with Crippen LogP contribution in [0.5, 0.6) is 0 Å². The van der Waals surface area contributed by atoms with Crippen LogP contribution in [0.25, 0.3) is 0 Å². The average molecular weight is 285 g/mol. The molecule has 2 aromatic rings. The summed E-state index contributed by atoms with van der Waals surface area (Å²) in [7, 11) is 0. The van der Waals surface area contributed by atoms with Crippen LogP contribution in [-0.2, 0) is 0 Å². The van der Waals surface area contributed by atoms with Crippen molar-refractivity contribution in [3.8, 4) is 0 Å². The van der Waals surface area contributed by atoms with E-state index in [2.05, 4.69) is 20.7 Å². The number of carbonyl (C=O) groups excluding carboxylic acids is 1. The molecule has 1 unspecified atom stereocenters. The molecule has 2 aromatic heterocycles. The van der Waals surface area contributed by atoms with Crippen LogP contribution in [0, 0.1) is 6.92 Å². The van der Waals surface area contributed by atoms with Crippen LogP contribution in [0.4, 0.5) is 5.82 Å². The molecule has 3 heterocycles. The van der Waals surface area contributed by atoms with Gasteiger partial charge in [0.15, 0.2) is 5.69 Å². The van der Waals surface area contributed by atoms with Gasteiger partial charge in [-0.05, 0) is 44.0 Å². The first-order valence-corrected chi connectivity index (χ1v) is 7.23. The van der Waals surface area contributed by atoms with Gasteiger partial charge in [-0.25, -0.2) is 4.98 Å². The van der Waals surface area contributed by atoms with Crippen LogP contribution in [0.1, 0.15) is 34.9 Å². The molecule has 0 spiro atoms. The summed E-state index contributed by atoms with van der Waals surface area (Å²) in [6.45, 7) is 3.88. The van der Waals surface area contributed by atoms with E-state index >= 15 is 0 Å². The highest BCUT2D eigenvalue weighted by Crippen LogP contribution is 2.16. The monoisotopic (exact) mass is 285 g/mol. The maximum Gasteiger partial charge on any atom is 0.277 e. The largest absolute Gasteiger partial charge is 0.315 e. The van der Waals surface area contributed by atoms with Gasteiger partial charge >= 0.3 is 0 Å². The lowest BCUT2D eigenvalue weighted by atomic mass is 10.1. The van der Waals surface area contributed by atoms with Crippen molar-refractivity contribution in [3.63, 3.8) is 0 Å². The van der Waals surface area contributed by atoms with E-state index in [4.69, 9.17) is 0 Å². The van der Waals surface area contributed by atoms with Gasteiger partial charge in [0.05, 0.1) is 6.04 Å². The van der Waals surface area contributed by atoms with Crippen molar-refractivity contribution in [3.05, 3.63) is 41.9 Å². The summed E-state index contributed by atoms with van der Waals surface area (Å²) in [6.07, 6.45) is 5.76. The van der Waals surface area contributed by atoms with Crippen molar-refractivity contribution in [2.24, 2.45) is 0 Å². The van der Waals surface area contributed by atoms with Crippen molar-refractivity contribution in [1.29, 1.82) is 0 Å². The number of aryl methyl sites for hydroxylation is 1. The molecule has 1 fully saturated rings. The molecule has 1 atom stereocenters. The summed E-state index contributed by atoms with van der Waals surface area (Å²) in [5.41, 5.74) is 1.35. The fourth-order valence-corrected chi connectivity index (χ4v) is 2.51. The van der Waals surface area contributed by atoms with Crippen LogP contribution in [0.2, 0.25) is 0 Å². The molecular weight excluding hydrogens is 266 g/mol. The number of carbonyl (C=O) groups is 1. The quantitative estimate of drug-likeness (QED) is 0.901. The Morgan fingerprint density at radius 1 is 1.48 bits per heavy atom. The Kier molecular flexibility index (Phi) is 3.96. The Labute approximate surface area is 123 Å². The Hall–Kier alpha value is -2.21. The molecule has 1 amide bonds. The van der Waals surface area contributed by atoms with E-state index in [1.807, 2.05) is 29.9 Å². The lowest BCUT2D eigenvalue weighted by molar-refractivity contribution is 0.102. The van der Waals surface area contributed by atoms with E-state index < -0.39 is 0 Å². The molecule has 0 radical (unpaired) electrons. The molecule has 2 N–H and O–H groups in total. The maximum absolute atomic E-state index is 12.2. The summed E-state index contributed by atoms with van der Waals surface area (Å²) in [6, 6.07) is 5.84. The van der Waals surface area contributed by atoms with Gasteiger partial charge in [0.25, 0.3) is 5.91 Å². The van der Waals surface area contributed by atoms with Gasteiger partial charge < -0.3 is 10.6 Å². The van der Waals surface area contributed by atoms with Crippen LogP contribution in [0.15, 0.2) is 30.6 Å². The molecule has 1 aliphatic heterocycles. The third kappa shape index (κ3) is 3.11. The zero-order valence-corrected chi connectivity index (χ0v) is 12.0. The van der Waals surface area contributed by atoms with Gasteiger partial charge in [0.2, 0.25) is 0 Å². The minimum Gasteiger partial charge on any atom is -0.315 e. The zero-order chi connectivity index (χ0) is 14.7. The highest BCUT2D eigenvalue weighted by molar-refractivity contribution is 6.02. The fraction of sp³-hybridized carbons (Fsp3) is 0.400. The molecule has 0 saturated carbocycles. The summed E-state index contributed by atoms with van der Waals surface area (Å²) in [5.74, 6) is 0.357. The molecule has 21 heavy (non-hydrogen) atoms. The molecule has 6 heteroatoms. The molecule has 6 nitrogen and oxygen atoms in total. The predicted molar refractivity (Wildman–Crippen MR) is 80.3 cm³/mol. The fourth-order valence-electron chi connectivity index (χ4n) is 2.51. The van der Waals surface area contributed by atoms with E-state index in [1.54, 1.807) is 12.3 Å². The number of hydrogen-bond donors (Lipinski definition) is 2. The third-order valence-corrected chi connectivity index (χ3v) is 3.73.